The molecule has 0 spiro atoms. The number of carboxylic acid groups (broad SMARTS) is 4. The molecule has 0 radical (unpaired) electrons. The molecule has 0 atom stereocenters. The van der Waals surface area contributed by atoms with Crippen molar-refractivity contribution < 1.29 is 173 Å². The van der Waals surface area contributed by atoms with Crippen molar-refractivity contribution in [3.05, 3.63) is 0 Å². The summed E-state index contributed by atoms with van der Waals surface area (Å²) < 4.78 is 3.82. The molecule has 23 heavy (non-hydrogen) atoms. The van der Waals surface area contributed by atoms with E-state index in [2.05, 4.69) is 4.74 Å². The van der Waals surface area contributed by atoms with Crippen LogP contribution in [0.1, 0.15) is 0 Å². The molecule has 0 aliphatic heterocycles. The predicted molar refractivity (Wildman–Crippen MR) is 40.7 cm³/mol. The Morgan fingerprint density at radius 3 is 0.913 bits per heavy atom. The van der Waals surface area contributed by atoms with Crippen molar-refractivity contribution in [1.29, 1.82) is 0 Å². The SMILES string of the molecule is O=C([O-])C(CO)(OC(CO)(C(=O)[O-])C(=O)[O-])C(=O)[O-].[Na+].[Na+].[Na+].[Na+]. The number of hydrogen-bond acceptors (Lipinski definition) is 11. The van der Waals surface area contributed by atoms with E-state index in [4.69, 9.17) is 10.2 Å². The first-order chi connectivity index (χ1) is 8.60. The van der Waals surface area contributed by atoms with Gasteiger partial charge in [0, 0.05) is 0 Å². The van der Waals surface area contributed by atoms with Gasteiger partial charge in [0.2, 0.25) is 0 Å². The van der Waals surface area contributed by atoms with E-state index in [0.717, 1.165) is 0 Å². The van der Waals surface area contributed by atoms with Crippen molar-refractivity contribution in [3.8, 4) is 0 Å². The van der Waals surface area contributed by atoms with Gasteiger partial charge in [-0.2, -0.15) is 0 Å². The monoisotopic (exact) mass is 370 g/mol. The van der Waals surface area contributed by atoms with Crippen LogP contribution in [0.5, 0.6) is 0 Å². The predicted octanol–water partition coefficient (Wildman–Crippen LogP) is -20.5. The Morgan fingerprint density at radius 1 is 0.652 bits per heavy atom. The van der Waals surface area contributed by atoms with Crippen molar-refractivity contribution in [1.82, 2.24) is 0 Å². The second-order valence-corrected chi connectivity index (χ2v) is 3.22. The van der Waals surface area contributed by atoms with Crippen LogP contribution < -0.4 is 139 Å². The Kier molecular flexibility index (Phi) is 23.2. The van der Waals surface area contributed by atoms with Gasteiger partial charge in [0.15, 0.2) is 11.2 Å². The molecule has 2 N–H and O–H groups in total. The van der Waals surface area contributed by atoms with Crippen LogP contribution in [-0.4, -0.2) is 58.5 Å². The van der Waals surface area contributed by atoms with Gasteiger partial charge in [0.25, 0.3) is 0 Å². The molecule has 0 saturated heterocycles. The van der Waals surface area contributed by atoms with Crippen molar-refractivity contribution >= 4 is 23.9 Å². The molecule has 0 unspecified atom stereocenters. The van der Waals surface area contributed by atoms with Crippen LogP contribution in [-0.2, 0) is 23.9 Å². The third-order valence-corrected chi connectivity index (χ3v) is 2.11. The van der Waals surface area contributed by atoms with Crippen LogP contribution in [0.3, 0.4) is 0 Å². The molecule has 0 aliphatic rings. The van der Waals surface area contributed by atoms with Crippen LogP contribution >= 0.6 is 0 Å². The first-order valence-corrected chi connectivity index (χ1v) is 4.38. The molecule has 0 saturated carbocycles. The third-order valence-electron chi connectivity index (χ3n) is 2.11. The molecule has 11 nitrogen and oxygen atoms in total. The molecule has 0 fully saturated rings. The maximum absolute atomic E-state index is 10.6. The average Bonchev–Trinajstić information content (AvgIpc) is 2.29. The summed E-state index contributed by atoms with van der Waals surface area (Å²) in [7, 11) is 0. The van der Waals surface area contributed by atoms with E-state index in [0.29, 0.717) is 0 Å². The number of aliphatic carboxylic acids is 4. The van der Waals surface area contributed by atoms with Gasteiger partial charge >= 0.3 is 118 Å². The van der Waals surface area contributed by atoms with Crippen LogP contribution in [0.2, 0.25) is 0 Å². The van der Waals surface area contributed by atoms with Crippen LogP contribution in [0.15, 0.2) is 0 Å². The molecule has 15 heteroatoms. The summed E-state index contributed by atoms with van der Waals surface area (Å²) in [5, 5.41) is 59.8. The number of hydrogen-bond donors (Lipinski definition) is 2. The largest absolute Gasteiger partial charge is 1.00 e. The van der Waals surface area contributed by atoms with Crippen LogP contribution in [0.4, 0.5) is 0 Å². The Morgan fingerprint density at radius 2 is 0.826 bits per heavy atom. The number of aliphatic hydroxyl groups excluding tert-OH is 2. The van der Waals surface area contributed by atoms with E-state index in [-0.39, 0.29) is 118 Å². The van der Waals surface area contributed by atoms with Crippen LogP contribution in [0, 0.1) is 0 Å². The zero-order valence-electron chi connectivity index (χ0n) is 13.0. The Bertz CT molecular complexity index is 360. The first-order valence-electron chi connectivity index (χ1n) is 4.38. The second-order valence-electron chi connectivity index (χ2n) is 3.22. The fourth-order valence-corrected chi connectivity index (χ4v) is 0.954. The molecule has 0 bridgehead atoms. The summed E-state index contributed by atoms with van der Waals surface area (Å²) in [6, 6.07) is 0. The van der Waals surface area contributed by atoms with E-state index < -0.39 is 48.3 Å². The zero-order chi connectivity index (χ0) is 15.4. The van der Waals surface area contributed by atoms with Gasteiger partial charge in [-0.25, -0.2) is 0 Å². The number of carbonyl (C=O) groups excluding carboxylic acids is 4. The molecule has 0 aliphatic carbocycles. The summed E-state index contributed by atoms with van der Waals surface area (Å²) in [4.78, 5) is 42.4. The van der Waals surface area contributed by atoms with E-state index in [1.54, 1.807) is 0 Å². The average molecular weight is 370 g/mol. The van der Waals surface area contributed by atoms with Gasteiger partial charge in [0.05, 0.1) is 37.1 Å². The fourth-order valence-electron chi connectivity index (χ4n) is 0.954. The second kappa shape index (κ2) is 14.9. The minimum Gasteiger partial charge on any atom is -0.546 e. The number of carboxylic acids is 4. The summed E-state index contributed by atoms with van der Waals surface area (Å²) in [5.74, 6) is -10.8. The van der Waals surface area contributed by atoms with Crippen molar-refractivity contribution in [2.24, 2.45) is 0 Å². The van der Waals surface area contributed by atoms with Gasteiger partial charge in [-0.05, 0) is 0 Å². The number of ether oxygens (including phenoxy) is 1. The van der Waals surface area contributed by atoms with E-state index >= 15 is 0 Å². The van der Waals surface area contributed by atoms with E-state index in [1.807, 2.05) is 0 Å². The summed E-state index contributed by atoms with van der Waals surface area (Å²) in [6.07, 6.45) is 0. The molecule has 0 aromatic carbocycles. The molecular weight excluding hydrogens is 364 g/mol. The third kappa shape index (κ3) is 7.89. The van der Waals surface area contributed by atoms with Gasteiger partial charge in [-0.3, -0.25) is 0 Å². The van der Waals surface area contributed by atoms with E-state index in [9.17, 15) is 39.6 Å². The van der Waals surface area contributed by atoms with Crippen molar-refractivity contribution in [2.45, 2.75) is 11.2 Å². The summed E-state index contributed by atoms with van der Waals surface area (Å²) in [5.41, 5.74) is -7.69. The Balaban J connectivity index is -0.000000270. The minimum atomic E-state index is -3.84. The molecule has 0 aromatic rings. The summed E-state index contributed by atoms with van der Waals surface area (Å²) in [6.45, 7) is -3.86. The maximum atomic E-state index is 10.6. The smallest absolute Gasteiger partial charge is 0.546 e. The molecule has 0 aromatic heterocycles. The first kappa shape index (κ1) is 35.8. The number of aliphatic hydroxyl groups is 2. The maximum Gasteiger partial charge on any atom is 1.00 e. The van der Waals surface area contributed by atoms with Gasteiger partial charge in [-0.15, -0.1) is 0 Å². The topological polar surface area (TPSA) is 210 Å². The Hall–Kier alpha value is 1.76. The zero-order valence-corrected chi connectivity index (χ0v) is 21.0. The molecular formula is C8H6Na4O11. The van der Waals surface area contributed by atoms with Gasteiger partial charge < -0.3 is 54.6 Å². The molecule has 0 rings (SSSR count). The quantitative estimate of drug-likeness (QED) is 0.302. The fraction of sp³-hybridized carbons (Fsp3) is 0.500. The van der Waals surface area contributed by atoms with E-state index in [1.165, 1.54) is 0 Å². The van der Waals surface area contributed by atoms with Crippen molar-refractivity contribution in [3.63, 3.8) is 0 Å². The van der Waals surface area contributed by atoms with Gasteiger partial charge in [0.1, 0.15) is 0 Å². The minimum absolute atomic E-state index is 0. The molecule has 108 valence electrons. The van der Waals surface area contributed by atoms with Crippen molar-refractivity contribution in [2.75, 3.05) is 13.2 Å². The number of carbonyl (C=O) groups is 4. The standard InChI is InChI=1S/C8H10O11.4Na/c9-1-7(3(11)12,4(13)14)19-8(2-10,5(15)16)6(17)18;;;;/h9-10H,1-2H2,(H,11,12)(H,13,14)(H,15,16)(H,17,18);;;;/q;4*+1/p-4. The Labute approximate surface area is 217 Å². The van der Waals surface area contributed by atoms with Crippen LogP contribution in [0.25, 0.3) is 0 Å². The normalized spacial score (nSPS) is 9.83. The molecule has 0 amide bonds. The van der Waals surface area contributed by atoms with Gasteiger partial charge in [-0.1, -0.05) is 0 Å². The number of rotatable bonds is 8. The molecule has 0 heterocycles. The summed E-state index contributed by atoms with van der Waals surface area (Å²) >= 11 is 0.